The van der Waals surface area contributed by atoms with E-state index >= 15 is 0 Å². The van der Waals surface area contributed by atoms with Crippen LogP contribution in [0.15, 0.2) is 24.3 Å². The molecular weight excluding hydrogens is 200 g/mol. The molecule has 2 rings (SSSR count). The van der Waals surface area contributed by atoms with Crippen molar-refractivity contribution in [2.45, 2.75) is 38.2 Å². The van der Waals surface area contributed by atoms with Gasteiger partial charge in [-0.15, -0.1) is 0 Å². The summed E-state index contributed by atoms with van der Waals surface area (Å²) in [6.45, 7) is 2.19. The summed E-state index contributed by atoms with van der Waals surface area (Å²) in [6.07, 6.45) is 3.98. The molecule has 2 atom stereocenters. The first-order chi connectivity index (χ1) is 7.69. The van der Waals surface area contributed by atoms with Gasteiger partial charge in [-0.2, -0.15) is 0 Å². The predicted molar refractivity (Wildman–Crippen MR) is 64.5 cm³/mol. The van der Waals surface area contributed by atoms with Crippen molar-refractivity contribution in [3.05, 3.63) is 29.8 Å². The van der Waals surface area contributed by atoms with Crippen LogP contribution in [0, 0.1) is 5.92 Å². The molecular formula is C14H20O2. The van der Waals surface area contributed by atoms with Gasteiger partial charge in [-0.05, 0) is 31.2 Å². The molecule has 16 heavy (non-hydrogen) atoms. The first-order valence-electron chi connectivity index (χ1n) is 6.05. The zero-order valence-electron chi connectivity index (χ0n) is 10.1. The molecule has 2 nitrogen and oxygen atoms in total. The second-order valence-electron chi connectivity index (χ2n) is 4.75. The van der Waals surface area contributed by atoms with E-state index in [2.05, 4.69) is 6.92 Å². The van der Waals surface area contributed by atoms with Crippen LogP contribution in [0.5, 0.6) is 5.75 Å². The molecule has 1 aliphatic carbocycles. The summed E-state index contributed by atoms with van der Waals surface area (Å²) in [5, 5.41) is 10.7. The molecule has 1 aliphatic rings. The lowest BCUT2D eigenvalue weighted by molar-refractivity contribution is 0.0373. The highest BCUT2D eigenvalue weighted by Gasteiger charge is 2.39. The van der Waals surface area contributed by atoms with Crippen LogP contribution in [-0.2, 0) is 5.60 Å². The molecule has 0 spiro atoms. The van der Waals surface area contributed by atoms with Crippen molar-refractivity contribution in [2.24, 2.45) is 5.92 Å². The zero-order chi connectivity index (χ0) is 11.6. The Morgan fingerprint density at radius 3 is 2.81 bits per heavy atom. The van der Waals surface area contributed by atoms with Gasteiger partial charge in [0.25, 0.3) is 0 Å². The Hall–Kier alpha value is -1.02. The van der Waals surface area contributed by atoms with E-state index in [1.807, 2.05) is 24.3 Å². The van der Waals surface area contributed by atoms with Gasteiger partial charge in [0, 0.05) is 5.56 Å². The van der Waals surface area contributed by atoms with E-state index in [9.17, 15) is 5.11 Å². The third-order valence-corrected chi connectivity index (χ3v) is 3.78. The molecule has 1 saturated carbocycles. The molecule has 0 aromatic heterocycles. The van der Waals surface area contributed by atoms with Crippen molar-refractivity contribution in [3.63, 3.8) is 0 Å². The van der Waals surface area contributed by atoms with Gasteiger partial charge in [0.1, 0.15) is 5.75 Å². The molecule has 1 fully saturated rings. The first-order valence-corrected chi connectivity index (χ1v) is 6.05. The maximum absolute atomic E-state index is 10.7. The van der Waals surface area contributed by atoms with Gasteiger partial charge >= 0.3 is 0 Å². The van der Waals surface area contributed by atoms with Gasteiger partial charge in [0.2, 0.25) is 0 Å². The number of hydrogen-bond acceptors (Lipinski definition) is 2. The summed E-state index contributed by atoms with van der Waals surface area (Å²) >= 11 is 0. The first kappa shape index (κ1) is 11.5. The molecule has 0 bridgehead atoms. The Bertz CT molecular complexity index is 362. The third-order valence-electron chi connectivity index (χ3n) is 3.78. The Kier molecular flexibility index (Phi) is 3.20. The summed E-state index contributed by atoms with van der Waals surface area (Å²) in [5.41, 5.74) is 0.279. The van der Waals surface area contributed by atoms with Crippen molar-refractivity contribution >= 4 is 0 Å². The normalized spacial score (nSPS) is 29.3. The van der Waals surface area contributed by atoms with Crippen LogP contribution >= 0.6 is 0 Å². The molecule has 0 heterocycles. The maximum Gasteiger partial charge on any atom is 0.124 e. The van der Waals surface area contributed by atoms with E-state index in [4.69, 9.17) is 4.74 Å². The van der Waals surface area contributed by atoms with Gasteiger partial charge < -0.3 is 9.84 Å². The lowest BCUT2D eigenvalue weighted by Gasteiger charge is -2.25. The fourth-order valence-electron chi connectivity index (χ4n) is 2.75. The fourth-order valence-corrected chi connectivity index (χ4v) is 2.75. The van der Waals surface area contributed by atoms with Crippen LogP contribution in [0.3, 0.4) is 0 Å². The van der Waals surface area contributed by atoms with E-state index in [0.29, 0.717) is 5.92 Å². The zero-order valence-corrected chi connectivity index (χ0v) is 10.1. The highest BCUT2D eigenvalue weighted by atomic mass is 16.5. The highest BCUT2D eigenvalue weighted by molar-refractivity contribution is 5.38. The van der Waals surface area contributed by atoms with Crippen LogP contribution in [0.2, 0.25) is 0 Å². The Labute approximate surface area is 97.3 Å². The minimum Gasteiger partial charge on any atom is -0.496 e. The Morgan fingerprint density at radius 2 is 2.19 bits per heavy atom. The van der Waals surface area contributed by atoms with Crippen molar-refractivity contribution in [1.82, 2.24) is 0 Å². The van der Waals surface area contributed by atoms with Crippen molar-refractivity contribution < 1.29 is 9.84 Å². The summed E-state index contributed by atoms with van der Waals surface area (Å²) in [7, 11) is 1.66. The lowest BCUT2D eigenvalue weighted by Crippen LogP contribution is -2.22. The van der Waals surface area contributed by atoms with E-state index in [1.54, 1.807) is 7.11 Å². The van der Waals surface area contributed by atoms with Gasteiger partial charge in [0.15, 0.2) is 0 Å². The average Bonchev–Trinajstić information content (AvgIpc) is 2.72. The molecule has 2 heteroatoms. The van der Waals surface area contributed by atoms with Gasteiger partial charge in [-0.25, -0.2) is 0 Å². The molecule has 1 aromatic carbocycles. The molecule has 88 valence electrons. The van der Waals surface area contributed by atoms with E-state index in [1.165, 1.54) is 0 Å². The third kappa shape index (κ3) is 1.94. The van der Waals surface area contributed by atoms with Crippen LogP contribution in [0.25, 0.3) is 0 Å². The van der Waals surface area contributed by atoms with Crippen LogP contribution in [-0.4, -0.2) is 12.2 Å². The quantitative estimate of drug-likeness (QED) is 0.848. The largest absolute Gasteiger partial charge is 0.496 e. The number of para-hydroxylation sites is 1. The van der Waals surface area contributed by atoms with Crippen LogP contribution in [0.4, 0.5) is 0 Å². The van der Waals surface area contributed by atoms with Crippen LogP contribution in [0.1, 0.15) is 38.2 Å². The molecule has 0 aliphatic heterocycles. The Morgan fingerprint density at radius 1 is 1.44 bits per heavy atom. The summed E-state index contributed by atoms with van der Waals surface area (Å²) in [5.74, 6) is 1.46. The second-order valence-corrected chi connectivity index (χ2v) is 4.75. The highest BCUT2D eigenvalue weighted by Crippen LogP contribution is 2.45. The topological polar surface area (TPSA) is 29.5 Å². The molecule has 2 unspecified atom stereocenters. The van der Waals surface area contributed by atoms with Gasteiger partial charge in [-0.1, -0.05) is 31.5 Å². The van der Waals surface area contributed by atoms with E-state index in [0.717, 1.165) is 37.0 Å². The van der Waals surface area contributed by atoms with Crippen LogP contribution < -0.4 is 4.74 Å². The molecule has 1 N–H and O–H groups in total. The van der Waals surface area contributed by atoms with Crippen molar-refractivity contribution in [3.8, 4) is 5.75 Å². The van der Waals surface area contributed by atoms with E-state index < -0.39 is 5.60 Å². The standard InChI is InChI=1S/C14H20O2/c1-3-11-8-9-14(15,10-11)12-6-4-5-7-13(12)16-2/h4-7,11,15H,3,8-10H2,1-2H3. The number of benzene rings is 1. The molecule has 0 amide bonds. The van der Waals surface area contributed by atoms with Crippen molar-refractivity contribution in [2.75, 3.05) is 7.11 Å². The minimum absolute atomic E-state index is 0.648. The fraction of sp³-hybridized carbons (Fsp3) is 0.571. The summed E-state index contributed by atoms with van der Waals surface area (Å²) in [4.78, 5) is 0. The monoisotopic (exact) mass is 220 g/mol. The van der Waals surface area contributed by atoms with Gasteiger partial charge in [0.05, 0.1) is 12.7 Å². The number of rotatable bonds is 3. The number of methoxy groups -OCH3 is 1. The smallest absolute Gasteiger partial charge is 0.124 e. The van der Waals surface area contributed by atoms with Gasteiger partial charge in [-0.3, -0.25) is 0 Å². The summed E-state index contributed by atoms with van der Waals surface area (Å²) < 4.78 is 5.33. The maximum atomic E-state index is 10.7. The average molecular weight is 220 g/mol. The number of hydrogen-bond donors (Lipinski definition) is 1. The van der Waals surface area contributed by atoms with Crippen molar-refractivity contribution in [1.29, 1.82) is 0 Å². The molecule has 1 aromatic rings. The second kappa shape index (κ2) is 4.46. The molecule has 0 radical (unpaired) electrons. The lowest BCUT2D eigenvalue weighted by atomic mass is 9.90. The Balaban J connectivity index is 2.29. The number of aliphatic hydroxyl groups is 1. The number of ether oxygens (including phenoxy) is 1. The SMILES string of the molecule is CCC1CCC(O)(c2ccccc2OC)C1. The predicted octanol–water partition coefficient (Wildman–Crippen LogP) is 3.09. The summed E-state index contributed by atoms with van der Waals surface area (Å²) in [6, 6.07) is 7.82. The van der Waals surface area contributed by atoms with E-state index in [-0.39, 0.29) is 0 Å². The molecule has 0 saturated heterocycles. The minimum atomic E-state index is -0.673.